The molecule has 0 bridgehead atoms. The van der Waals surface area contributed by atoms with E-state index in [0.29, 0.717) is 19.0 Å². The van der Waals surface area contributed by atoms with E-state index in [1.165, 1.54) is 24.0 Å². The molecule has 7 heteroatoms. The Morgan fingerprint density at radius 2 is 2.17 bits per heavy atom. The SMILES string of the molecule is CS(=O)(=O)NC1=NCC(c2ccc(N)c(C3=CCCCC3)c2)CN1. The monoisotopic (exact) mass is 348 g/mol. The van der Waals surface area contributed by atoms with Crippen molar-refractivity contribution < 1.29 is 8.42 Å². The second-order valence-electron chi connectivity index (χ2n) is 6.46. The molecule has 1 aromatic carbocycles. The van der Waals surface area contributed by atoms with Crippen LogP contribution in [0.5, 0.6) is 0 Å². The van der Waals surface area contributed by atoms with E-state index in [2.05, 4.69) is 27.2 Å². The fourth-order valence-electron chi connectivity index (χ4n) is 3.20. The van der Waals surface area contributed by atoms with Crippen molar-refractivity contribution in [2.75, 3.05) is 25.1 Å². The lowest BCUT2D eigenvalue weighted by molar-refractivity contribution is 0.591. The average molecular weight is 348 g/mol. The molecular weight excluding hydrogens is 324 g/mol. The Kier molecular flexibility index (Phi) is 4.80. The number of hydrogen-bond acceptors (Lipinski definition) is 5. The summed E-state index contributed by atoms with van der Waals surface area (Å²) in [7, 11) is -3.30. The maximum absolute atomic E-state index is 11.3. The molecule has 1 aromatic rings. The number of aliphatic imine (C=N–C) groups is 1. The zero-order chi connectivity index (χ0) is 17.2. The Bertz CT molecular complexity index is 784. The van der Waals surface area contributed by atoms with Gasteiger partial charge >= 0.3 is 0 Å². The molecule has 6 nitrogen and oxygen atoms in total. The Balaban J connectivity index is 1.78. The molecule has 3 rings (SSSR count). The third kappa shape index (κ3) is 4.08. The van der Waals surface area contributed by atoms with Crippen molar-refractivity contribution in [2.45, 2.75) is 31.6 Å². The Morgan fingerprint density at radius 1 is 1.33 bits per heavy atom. The van der Waals surface area contributed by atoms with Crippen LogP contribution in [0, 0.1) is 0 Å². The first-order chi connectivity index (χ1) is 11.4. The number of sulfonamides is 1. The number of nitrogens with zero attached hydrogens (tertiary/aromatic N) is 1. The van der Waals surface area contributed by atoms with Gasteiger partial charge in [0.25, 0.3) is 0 Å². The van der Waals surface area contributed by atoms with Crippen LogP contribution in [-0.4, -0.2) is 33.7 Å². The molecule has 0 fully saturated rings. The first-order valence-corrected chi connectivity index (χ1v) is 10.2. The van der Waals surface area contributed by atoms with Crippen molar-refractivity contribution in [1.82, 2.24) is 10.0 Å². The third-order valence-corrected chi connectivity index (χ3v) is 5.02. The Morgan fingerprint density at radius 3 is 2.79 bits per heavy atom. The molecule has 1 aliphatic heterocycles. The van der Waals surface area contributed by atoms with E-state index in [1.54, 1.807) is 0 Å². The van der Waals surface area contributed by atoms with Crippen molar-refractivity contribution in [3.8, 4) is 0 Å². The lowest BCUT2D eigenvalue weighted by Crippen LogP contribution is -2.45. The van der Waals surface area contributed by atoms with Crippen molar-refractivity contribution >= 4 is 27.2 Å². The maximum Gasteiger partial charge on any atom is 0.232 e. The molecule has 4 N–H and O–H groups in total. The first kappa shape index (κ1) is 16.8. The van der Waals surface area contributed by atoms with Crippen molar-refractivity contribution in [3.05, 3.63) is 35.4 Å². The van der Waals surface area contributed by atoms with Crippen LogP contribution in [0.1, 0.15) is 42.7 Å². The summed E-state index contributed by atoms with van der Waals surface area (Å²) in [6.45, 7) is 1.19. The van der Waals surface area contributed by atoms with Crippen LogP contribution in [0.15, 0.2) is 29.3 Å². The molecule has 2 aliphatic rings. The van der Waals surface area contributed by atoms with Crippen LogP contribution < -0.4 is 15.8 Å². The average Bonchev–Trinajstić information content (AvgIpc) is 2.55. The fourth-order valence-corrected chi connectivity index (χ4v) is 3.69. The van der Waals surface area contributed by atoms with Crippen LogP contribution in [-0.2, 0) is 10.0 Å². The van der Waals surface area contributed by atoms with Crippen molar-refractivity contribution in [1.29, 1.82) is 0 Å². The van der Waals surface area contributed by atoms with E-state index in [0.717, 1.165) is 30.3 Å². The van der Waals surface area contributed by atoms with Gasteiger partial charge in [0.05, 0.1) is 12.8 Å². The molecule has 1 heterocycles. The van der Waals surface area contributed by atoms with E-state index in [9.17, 15) is 8.42 Å². The fraction of sp³-hybridized carbons (Fsp3) is 0.471. The van der Waals surface area contributed by atoms with Crippen LogP contribution >= 0.6 is 0 Å². The molecule has 130 valence electrons. The predicted molar refractivity (Wildman–Crippen MR) is 98.3 cm³/mol. The summed E-state index contributed by atoms with van der Waals surface area (Å²) in [5, 5.41) is 3.05. The van der Waals surface area contributed by atoms with Gasteiger partial charge in [-0.3, -0.25) is 9.71 Å². The molecule has 0 saturated carbocycles. The van der Waals surface area contributed by atoms with E-state index in [4.69, 9.17) is 5.73 Å². The zero-order valence-electron chi connectivity index (χ0n) is 13.9. The van der Waals surface area contributed by atoms with Gasteiger partial charge in [-0.25, -0.2) is 8.42 Å². The summed E-state index contributed by atoms with van der Waals surface area (Å²) in [5.74, 6) is 0.526. The first-order valence-electron chi connectivity index (χ1n) is 8.27. The predicted octanol–water partition coefficient (Wildman–Crippen LogP) is 1.82. The highest BCUT2D eigenvalue weighted by atomic mass is 32.2. The highest BCUT2D eigenvalue weighted by Crippen LogP contribution is 2.32. The van der Waals surface area contributed by atoms with Crippen molar-refractivity contribution in [3.63, 3.8) is 0 Å². The van der Waals surface area contributed by atoms with E-state index in [-0.39, 0.29) is 5.92 Å². The molecule has 0 radical (unpaired) electrons. The number of rotatable bonds is 3. The maximum atomic E-state index is 11.3. The van der Waals surface area contributed by atoms with Gasteiger partial charge in [0.1, 0.15) is 0 Å². The molecule has 0 saturated heterocycles. The number of allylic oxidation sites excluding steroid dienone is 2. The standard InChI is InChI=1S/C17H24N4O2S/c1-24(22,23)21-17-19-10-14(11-20-17)13-7-8-16(18)15(9-13)12-5-3-2-4-6-12/h5,7-9,14H,2-4,6,10-11,18H2,1H3,(H2,19,20,21). The largest absolute Gasteiger partial charge is 0.398 e. The van der Waals surface area contributed by atoms with Gasteiger partial charge in [-0.15, -0.1) is 0 Å². The smallest absolute Gasteiger partial charge is 0.232 e. The van der Waals surface area contributed by atoms with Crippen LogP contribution in [0.25, 0.3) is 5.57 Å². The molecule has 24 heavy (non-hydrogen) atoms. The van der Waals surface area contributed by atoms with E-state index >= 15 is 0 Å². The van der Waals surface area contributed by atoms with Gasteiger partial charge < -0.3 is 11.1 Å². The quantitative estimate of drug-likeness (QED) is 0.726. The molecule has 0 amide bonds. The molecule has 0 aromatic heterocycles. The van der Waals surface area contributed by atoms with E-state index in [1.807, 2.05) is 12.1 Å². The number of nitrogens with two attached hydrogens (primary N) is 1. The highest BCUT2D eigenvalue weighted by molar-refractivity contribution is 7.89. The van der Waals surface area contributed by atoms with Gasteiger partial charge in [0, 0.05) is 23.7 Å². The summed E-state index contributed by atoms with van der Waals surface area (Å²) in [4.78, 5) is 4.31. The van der Waals surface area contributed by atoms with Gasteiger partial charge in [-0.05, 0) is 49.0 Å². The minimum absolute atomic E-state index is 0.207. The molecule has 1 unspecified atom stereocenters. The number of guanidine groups is 1. The number of anilines is 1. The van der Waals surface area contributed by atoms with E-state index < -0.39 is 10.0 Å². The number of benzene rings is 1. The van der Waals surface area contributed by atoms with Gasteiger partial charge in [-0.2, -0.15) is 0 Å². The normalized spacial score (nSPS) is 21.5. The minimum atomic E-state index is -3.30. The van der Waals surface area contributed by atoms with Gasteiger partial charge in [0.2, 0.25) is 16.0 Å². The van der Waals surface area contributed by atoms with Crippen LogP contribution in [0.2, 0.25) is 0 Å². The molecule has 0 spiro atoms. The topological polar surface area (TPSA) is 96.6 Å². The highest BCUT2D eigenvalue weighted by Gasteiger charge is 2.20. The summed E-state index contributed by atoms with van der Waals surface area (Å²) in [6, 6.07) is 6.18. The second kappa shape index (κ2) is 6.84. The molecular formula is C17H24N4O2S. The Labute approximate surface area is 143 Å². The lowest BCUT2D eigenvalue weighted by Gasteiger charge is -2.24. The summed E-state index contributed by atoms with van der Waals surface area (Å²) >= 11 is 0. The van der Waals surface area contributed by atoms with Crippen LogP contribution in [0.4, 0.5) is 5.69 Å². The minimum Gasteiger partial charge on any atom is -0.398 e. The lowest BCUT2D eigenvalue weighted by atomic mass is 9.89. The summed E-state index contributed by atoms with van der Waals surface area (Å²) < 4.78 is 24.9. The number of nitrogens with one attached hydrogen (secondary N) is 2. The summed E-state index contributed by atoms with van der Waals surface area (Å²) in [6.07, 6.45) is 8.08. The third-order valence-electron chi connectivity index (χ3n) is 4.45. The van der Waals surface area contributed by atoms with Gasteiger partial charge in [0.15, 0.2) is 0 Å². The van der Waals surface area contributed by atoms with Gasteiger partial charge in [-0.1, -0.05) is 12.1 Å². The number of hydrogen-bond donors (Lipinski definition) is 3. The summed E-state index contributed by atoms with van der Waals surface area (Å²) in [5.41, 5.74) is 10.7. The Hall–Kier alpha value is -2.02. The van der Waals surface area contributed by atoms with Crippen molar-refractivity contribution in [2.24, 2.45) is 4.99 Å². The molecule has 1 atom stereocenters. The number of nitrogen functional groups attached to an aromatic ring is 1. The van der Waals surface area contributed by atoms with Crippen LogP contribution in [0.3, 0.4) is 0 Å². The zero-order valence-corrected chi connectivity index (χ0v) is 14.7. The molecule has 1 aliphatic carbocycles. The second-order valence-corrected chi connectivity index (χ2v) is 8.21.